The van der Waals surface area contributed by atoms with Gasteiger partial charge in [-0.3, -0.25) is 0 Å². The van der Waals surface area contributed by atoms with E-state index in [2.05, 4.69) is 23.5 Å². The maximum atomic E-state index is 10.0. The number of anilines is 1. The first-order valence-corrected chi connectivity index (χ1v) is 9.71. The van der Waals surface area contributed by atoms with E-state index in [0.717, 1.165) is 27.6 Å². The molecule has 0 saturated carbocycles. The molecule has 0 saturated heterocycles. The maximum absolute atomic E-state index is 10.0. The molecule has 0 aliphatic heterocycles. The molecule has 0 atom stereocenters. The Morgan fingerprint density at radius 1 is 0.800 bits per heavy atom. The molecule has 0 aliphatic carbocycles. The van der Waals surface area contributed by atoms with Crippen LogP contribution in [0.1, 0.15) is 11.1 Å². The first-order chi connectivity index (χ1) is 14.7. The van der Waals surface area contributed by atoms with Gasteiger partial charge in [0.15, 0.2) is 11.5 Å². The van der Waals surface area contributed by atoms with E-state index in [-0.39, 0.29) is 0 Å². The molecule has 148 valence electrons. The minimum atomic E-state index is 0.598. The number of ether oxygens (including phenoxy) is 2. The van der Waals surface area contributed by atoms with Crippen LogP contribution in [0.5, 0.6) is 11.5 Å². The van der Waals surface area contributed by atoms with Crippen LogP contribution in [0.4, 0.5) is 5.69 Å². The van der Waals surface area contributed by atoms with E-state index in [9.17, 15) is 5.26 Å². The molecule has 0 aliphatic rings. The summed E-state index contributed by atoms with van der Waals surface area (Å²) in [6.07, 6.45) is 0. The minimum Gasteiger partial charge on any atom is -0.493 e. The second-order valence-electron chi connectivity index (χ2n) is 6.92. The lowest BCUT2D eigenvalue weighted by atomic mass is 9.93. The maximum Gasteiger partial charge on any atom is 0.161 e. The van der Waals surface area contributed by atoms with Gasteiger partial charge < -0.3 is 14.8 Å². The number of benzene rings is 4. The SMILES string of the molecule is COc1cc2c(NCc3ccccc3)cc(-c3ccccc3)c(C#N)c2cc1OC. The Bertz CT molecular complexity index is 1210. The molecular formula is C26H22N2O2. The number of hydrogen-bond acceptors (Lipinski definition) is 4. The Morgan fingerprint density at radius 2 is 1.40 bits per heavy atom. The molecular weight excluding hydrogens is 372 g/mol. The third-order valence-electron chi connectivity index (χ3n) is 5.16. The Hall–Kier alpha value is -3.97. The van der Waals surface area contributed by atoms with Crippen LogP contribution in [0.2, 0.25) is 0 Å². The predicted octanol–water partition coefficient (Wildman–Crippen LogP) is 6.01. The van der Waals surface area contributed by atoms with E-state index in [0.29, 0.717) is 23.6 Å². The molecule has 0 spiro atoms. The molecule has 0 amide bonds. The van der Waals surface area contributed by atoms with Crippen molar-refractivity contribution >= 4 is 16.5 Å². The van der Waals surface area contributed by atoms with Gasteiger partial charge in [-0.2, -0.15) is 5.26 Å². The summed E-state index contributed by atoms with van der Waals surface area (Å²) in [4.78, 5) is 0. The zero-order valence-corrected chi connectivity index (χ0v) is 17.0. The highest BCUT2D eigenvalue weighted by atomic mass is 16.5. The van der Waals surface area contributed by atoms with Gasteiger partial charge in [-0.15, -0.1) is 0 Å². The standard InChI is InChI=1S/C26H22N2O2/c1-29-25-14-21-22(15-26(25)30-2)24(28-17-18-9-5-3-6-10-18)13-20(23(21)16-27)19-11-7-4-8-12-19/h3-15,28H,17H2,1-2H3. The Labute approximate surface area is 176 Å². The molecule has 4 rings (SSSR count). The number of nitrogens with one attached hydrogen (secondary N) is 1. The van der Waals surface area contributed by atoms with Crippen molar-refractivity contribution in [2.45, 2.75) is 6.54 Å². The quantitative estimate of drug-likeness (QED) is 0.435. The second-order valence-corrected chi connectivity index (χ2v) is 6.92. The summed E-state index contributed by atoms with van der Waals surface area (Å²) in [5.41, 5.74) is 4.61. The monoisotopic (exact) mass is 394 g/mol. The van der Waals surface area contributed by atoms with E-state index >= 15 is 0 Å². The Balaban J connectivity index is 1.94. The lowest BCUT2D eigenvalue weighted by molar-refractivity contribution is 0.356. The molecule has 4 aromatic rings. The molecule has 1 N–H and O–H groups in total. The average Bonchev–Trinajstić information content (AvgIpc) is 2.82. The van der Waals surface area contributed by atoms with Crippen LogP contribution in [0.3, 0.4) is 0 Å². The van der Waals surface area contributed by atoms with Gasteiger partial charge in [0.1, 0.15) is 6.07 Å². The van der Waals surface area contributed by atoms with Gasteiger partial charge >= 0.3 is 0 Å². The van der Waals surface area contributed by atoms with Crippen molar-refractivity contribution in [3.8, 4) is 28.7 Å². The van der Waals surface area contributed by atoms with E-state index in [1.165, 1.54) is 5.56 Å². The number of nitrogens with zero attached hydrogens (tertiary/aromatic N) is 1. The van der Waals surface area contributed by atoms with E-state index < -0.39 is 0 Å². The van der Waals surface area contributed by atoms with Gasteiger partial charge in [0, 0.05) is 28.6 Å². The van der Waals surface area contributed by atoms with Crippen LogP contribution >= 0.6 is 0 Å². The summed E-state index contributed by atoms with van der Waals surface area (Å²) in [5, 5.41) is 15.3. The molecule has 4 heteroatoms. The Morgan fingerprint density at radius 3 is 2.00 bits per heavy atom. The fraction of sp³-hybridized carbons (Fsp3) is 0.115. The van der Waals surface area contributed by atoms with Crippen molar-refractivity contribution < 1.29 is 9.47 Å². The number of rotatable bonds is 6. The summed E-state index contributed by atoms with van der Waals surface area (Å²) in [6.45, 7) is 0.671. The highest BCUT2D eigenvalue weighted by Crippen LogP contribution is 2.41. The van der Waals surface area contributed by atoms with Gasteiger partial charge in [0.25, 0.3) is 0 Å². The molecule has 0 radical (unpaired) electrons. The predicted molar refractivity (Wildman–Crippen MR) is 121 cm³/mol. The molecule has 30 heavy (non-hydrogen) atoms. The van der Waals surface area contributed by atoms with Crippen molar-refractivity contribution in [2.24, 2.45) is 0 Å². The molecule has 0 unspecified atom stereocenters. The van der Waals surface area contributed by atoms with Crippen molar-refractivity contribution in [1.29, 1.82) is 5.26 Å². The molecule has 0 heterocycles. The lowest BCUT2D eigenvalue weighted by Gasteiger charge is -2.17. The zero-order valence-electron chi connectivity index (χ0n) is 17.0. The van der Waals surface area contributed by atoms with Gasteiger partial charge in [0.2, 0.25) is 0 Å². The van der Waals surface area contributed by atoms with Crippen molar-refractivity contribution in [3.05, 3.63) is 90.0 Å². The highest BCUT2D eigenvalue weighted by Gasteiger charge is 2.17. The number of methoxy groups -OCH3 is 2. The lowest BCUT2D eigenvalue weighted by Crippen LogP contribution is -2.02. The van der Waals surface area contributed by atoms with Crippen LogP contribution in [-0.4, -0.2) is 14.2 Å². The summed E-state index contributed by atoms with van der Waals surface area (Å²) < 4.78 is 11.0. The van der Waals surface area contributed by atoms with Crippen molar-refractivity contribution in [1.82, 2.24) is 0 Å². The van der Waals surface area contributed by atoms with E-state index in [1.54, 1.807) is 14.2 Å². The van der Waals surface area contributed by atoms with Gasteiger partial charge in [0.05, 0.1) is 19.8 Å². The molecule has 0 bridgehead atoms. The zero-order chi connectivity index (χ0) is 20.9. The van der Waals surface area contributed by atoms with Gasteiger partial charge in [-0.1, -0.05) is 60.7 Å². The highest BCUT2D eigenvalue weighted by molar-refractivity contribution is 6.04. The Kier molecular flexibility index (Phi) is 5.54. The largest absolute Gasteiger partial charge is 0.493 e. The fourth-order valence-electron chi connectivity index (χ4n) is 3.65. The molecule has 0 aromatic heterocycles. The summed E-state index contributed by atoms with van der Waals surface area (Å²) in [7, 11) is 3.22. The van der Waals surface area contributed by atoms with Crippen LogP contribution in [0.15, 0.2) is 78.9 Å². The van der Waals surface area contributed by atoms with Crippen molar-refractivity contribution in [3.63, 3.8) is 0 Å². The van der Waals surface area contributed by atoms with Gasteiger partial charge in [-0.25, -0.2) is 0 Å². The van der Waals surface area contributed by atoms with Crippen molar-refractivity contribution in [2.75, 3.05) is 19.5 Å². The third kappa shape index (κ3) is 3.66. The van der Waals surface area contributed by atoms with Crippen LogP contribution < -0.4 is 14.8 Å². The number of hydrogen-bond donors (Lipinski definition) is 1. The smallest absolute Gasteiger partial charge is 0.161 e. The fourth-order valence-corrected chi connectivity index (χ4v) is 3.65. The minimum absolute atomic E-state index is 0.598. The topological polar surface area (TPSA) is 54.3 Å². The second kappa shape index (κ2) is 8.59. The van der Waals surface area contributed by atoms with Gasteiger partial charge in [-0.05, 0) is 29.3 Å². The van der Waals surface area contributed by atoms with Crippen LogP contribution in [-0.2, 0) is 6.54 Å². The summed E-state index contributed by atoms with van der Waals surface area (Å²) in [6, 6.07) is 28.4. The summed E-state index contributed by atoms with van der Waals surface area (Å²) >= 11 is 0. The van der Waals surface area contributed by atoms with Crippen LogP contribution in [0.25, 0.3) is 21.9 Å². The third-order valence-corrected chi connectivity index (χ3v) is 5.16. The average molecular weight is 394 g/mol. The molecule has 4 nitrogen and oxygen atoms in total. The number of fused-ring (bicyclic) bond motifs is 1. The molecule has 0 fully saturated rings. The van der Waals surface area contributed by atoms with E-state index in [4.69, 9.17) is 9.47 Å². The number of nitriles is 1. The normalized spacial score (nSPS) is 10.4. The molecule has 4 aromatic carbocycles. The summed E-state index contributed by atoms with van der Waals surface area (Å²) in [5.74, 6) is 1.23. The van der Waals surface area contributed by atoms with E-state index in [1.807, 2.05) is 66.7 Å². The first-order valence-electron chi connectivity index (χ1n) is 9.71. The van der Waals surface area contributed by atoms with Crippen LogP contribution in [0, 0.1) is 11.3 Å². The first kappa shape index (κ1) is 19.4.